The number of piperazine rings is 1. The van der Waals surface area contributed by atoms with E-state index in [1.807, 2.05) is 24.3 Å². The standard InChI is InChI=1S/C13H17N3O2S/c1-10(17)15-6-8-16(9-7-15)13(18)14-11-4-2-3-5-12(11)19/h2-5,19H,6-9H2,1H3,(H,14,18). The molecule has 1 saturated heterocycles. The van der Waals surface area contributed by atoms with Gasteiger partial charge in [-0.25, -0.2) is 4.79 Å². The van der Waals surface area contributed by atoms with Gasteiger partial charge < -0.3 is 15.1 Å². The zero-order chi connectivity index (χ0) is 13.8. The number of carbonyl (C=O) groups is 2. The maximum absolute atomic E-state index is 12.1. The van der Waals surface area contributed by atoms with Crippen molar-refractivity contribution in [3.05, 3.63) is 24.3 Å². The summed E-state index contributed by atoms with van der Waals surface area (Å²) in [5, 5.41) is 2.83. The molecule has 1 N–H and O–H groups in total. The average molecular weight is 279 g/mol. The van der Waals surface area contributed by atoms with Crippen molar-refractivity contribution in [1.82, 2.24) is 9.80 Å². The van der Waals surface area contributed by atoms with Crippen molar-refractivity contribution in [2.24, 2.45) is 0 Å². The van der Waals surface area contributed by atoms with Crippen molar-refractivity contribution in [3.63, 3.8) is 0 Å². The number of benzene rings is 1. The quantitative estimate of drug-likeness (QED) is 0.768. The molecule has 1 aliphatic heterocycles. The Morgan fingerprint density at radius 1 is 1.11 bits per heavy atom. The van der Waals surface area contributed by atoms with Crippen LogP contribution in [0.25, 0.3) is 0 Å². The molecule has 3 amide bonds. The second-order valence-corrected chi connectivity index (χ2v) is 4.92. The Morgan fingerprint density at radius 3 is 2.26 bits per heavy atom. The van der Waals surface area contributed by atoms with Crippen LogP contribution in [0.5, 0.6) is 0 Å². The van der Waals surface area contributed by atoms with Crippen LogP contribution in [0.3, 0.4) is 0 Å². The molecule has 0 saturated carbocycles. The van der Waals surface area contributed by atoms with Gasteiger partial charge in [0.25, 0.3) is 0 Å². The minimum Gasteiger partial charge on any atom is -0.339 e. The molecule has 0 spiro atoms. The van der Waals surface area contributed by atoms with E-state index >= 15 is 0 Å². The Labute approximate surface area is 118 Å². The van der Waals surface area contributed by atoms with Crippen LogP contribution < -0.4 is 5.32 Å². The number of nitrogens with zero attached hydrogens (tertiary/aromatic N) is 2. The third-order valence-corrected chi connectivity index (χ3v) is 3.55. The van der Waals surface area contributed by atoms with Crippen LogP contribution in [0.2, 0.25) is 0 Å². The fraction of sp³-hybridized carbons (Fsp3) is 0.385. The third-order valence-electron chi connectivity index (χ3n) is 3.16. The number of carbonyl (C=O) groups excluding carboxylic acids is 2. The van der Waals surface area contributed by atoms with Crippen molar-refractivity contribution in [2.75, 3.05) is 31.5 Å². The molecule has 0 radical (unpaired) electrons. The summed E-state index contributed by atoms with van der Waals surface area (Å²) in [4.78, 5) is 27.5. The van der Waals surface area contributed by atoms with Crippen LogP contribution in [0.1, 0.15) is 6.92 Å². The van der Waals surface area contributed by atoms with E-state index in [9.17, 15) is 9.59 Å². The number of hydrogen-bond donors (Lipinski definition) is 2. The Morgan fingerprint density at radius 2 is 1.68 bits per heavy atom. The zero-order valence-electron chi connectivity index (χ0n) is 10.8. The summed E-state index contributed by atoms with van der Waals surface area (Å²) in [6, 6.07) is 7.20. The lowest BCUT2D eigenvalue weighted by Crippen LogP contribution is -2.51. The monoisotopic (exact) mass is 279 g/mol. The van der Waals surface area contributed by atoms with Crippen molar-refractivity contribution in [2.45, 2.75) is 11.8 Å². The Kier molecular flexibility index (Phi) is 4.31. The fourth-order valence-corrected chi connectivity index (χ4v) is 2.21. The van der Waals surface area contributed by atoms with Gasteiger partial charge in [-0.05, 0) is 12.1 Å². The number of urea groups is 1. The number of anilines is 1. The lowest BCUT2D eigenvalue weighted by atomic mass is 10.3. The fourth-order valence-electron chi connectivity index (χ4n) is 2.00. The van der Waals surface area contributed by atoms with Crippen molar-refractivity contribution < 1.29 is 9.59 Å². The first-order chi connectivity index (χ1) is 9.08. The topological polar surface area (TPSA) is 52.7 Å². The normalized spacial score (nSPS) is 15.3. The van der Waals surface area contributed by atoms with E-state index in [0.29, 0.717) is 31.9 Å². The molecule has 102 valence electrons. The van der Waals surface area contributed by atoms with Gasteiger partial charge in [0.05, 0.1) is 5.69 Å². The van der Waals surface area contributed by atoms with Crippen molar-refractivity contribution in [1.29, 1.82) is 0 Å². The van der Waals surface area contributed by atoms with Crippen LogP contribution >= 0.6 is 12.6 Å². The van der Waals surface area contributed by atoms with E-state index in [1.54, 1.807) is 16.7 Å². The molecule has 6 heteroatoms. The van der Waals surface area contributed by atoms with E-state index in [0.717, 1.165) is 4.90 Å². The zero-order valence-corrected chi connectivity index (χ0v) is 11.7. The maximum Gasteiger partial charge on any atom is 0.321 e. The molecule has 1 aliphatic rings. The summed E-state index contributed by atoms with van der Waals surface area (Å²) >= 11 is 4.29. The Bertz CT molecular complexity index is 485. The number of nitrogens with one attached hydrogen (secondary N) is 1. The maximum atomic E-state index is 12.1. The van der Waals surface area contributed by atoms with Gasteiger partial charge in [0.1, 0.15) is 0 Å². The summed E-state index contributed by atoms with van der Waals surface area (Å²) in [5.41, 5.74) is 0.699. The molecular formula is C13H17N3O2S. The van der Waals surface area contributed by atoms with Crippen molar-refractivity contribution in [3.8, 4) is 0 Å². The minimum absolute atomic E-state index is 0.0563. The molecule has 0 aliphatic carbocycles. The molecule has 2 rings (SSSR count). The summed E-state index contributed by atoms with van der Waals surface area (Å²) in [7, 11) is 0. The van der Waals surface area contributed by atoms with Crippen molar-refractivity contribution >= 4 is 30.3 Å². The first-order valence-electron chi connectivity index (χ1n) is 6.17. The van der Waals surface area contributed by atoms with E-state index in [-0.39, 0.29) is 11.9 Å². The largest absolute Gasteiger partial charge is 0.339 e. The van der Waals surface area contributed by atoms with E-state index in [1.165, 1.54) is 0 Å². The number of amides is 3. The first kappa shape index (κ1) is 13.7. The van der Waals surface area contributed by atoms with Gasteiger partial charge in [0.2, 0.25) is 5.91 Å². The highest BCUT2D eigenvalue weighted by Gasteiger charge is 2.22. The van der Waals surface area contributed by atoms with Crippen LogP contribution in [0.4, 0.5) is 10.5 Å². The second-order valence-electron chi connectivity index (χ2n) is 4.44. The van der Waals surface area contributed by atoms with Gasteiger partial charge in [-0.2, -0.15) is 0 Å². The van der Waals surface area contributed by atoms with Crippen LogP contribution in [0, 0.1) is 0 Å². The Hall–Kier alpha value is -1.69. The minimum atomic E-state index is -0.148. The predicted octanol–water partition coefficient (Wildman–Crippen LogP) is 1.67. The molecule has 5 nitrogen and oxygen atoms in total. The SMILES string of the molecule is CC(=O)N1CCN(C(=O)Nc2ccccc2S)CC1. The third kappa shape index (κ3) is 3.41. The smallest absolute Gasteiger partial charge is 0.321 e. The van der Waals surface area contributed by atoms with Gasteiger partial charge >= 0.3 is 6.03 Å². The highest BCUT2D eigenvalue weighted by atomic mass is 32.1. The molecule has 0 bridgehead atoms. The molecule has 1 fully saturated rings. The number of rotatable bonds is 1. The average Bonchev–Trinajstić information content (AvgIpc) is 2.41. The highest BCUT2D eigenvalue weighted by molar-refractivity contribution is 7.80. The summed E-state index contributed by atoms with van der Waals surface area (Å²) < 4.78 is 0. The van der Waals surface area contributed by atoms with E-state index in [2.05, 4.69) is 17.9 Å². The molecule has 0 aromatic heterocycles. The summed E-state index contributed by atoms with van der Waals surface area (Å²) in [6.07, 6.45) is 0. The Balaban J connectivity index is 1.92. The van der Waals surface area contributed by atoms with Gasteiger partial charge in [-0.3, -0.25) is 4.79 Å². The number of thiol groups is 1. The van der Waals surface area contributed by atoms with E-state index < -0.39 is 0 Å². The van der Waals surface area contributed by atoms with E-state index in [4.69, 9.17) is 0 Å². The lowest BCUT2D eigenvalue weighted by Gasteiger charge is -2.34. The molecule has 0 unspecified atom stereocenters. The second kappa shape index (κ2) is 5.97. The van der Waals surface area contributed by atoms with Gasteiger partial charge in [0, 0.05) is 38.0 Å². The van der Waals surface area contributed by atoms with Crippen LogP contribution in [-0.2, 0) is 4.79 Å². The predicted molar refractivity (Wildman–Crippen MR) is 76.5 cm³/mol. The molecular weight excluding hydrogens is 262 g/mol. The van der Waals surface area contributed by atoms with Gasteiger partial charge in [-0.1, -0.05) is 12.1 Å². The van der Waals surface area contributed by atoms with Crippen LogP contribution in [0.15, 0.2) is 29.2 Å². The van der Waals surface area contributed by atoms with Gasteiger partial charge in [0.15, 0.2) is 0 Å². The highest BCUT2D eigenvalue weighted by Crippen LogP contribution is 2.19. The summed E-state index contributed by atoms with van der Waals surface area (Å²) in [5.74, 6) is 0.0563. The lowest BCUT2D eigenvalue weighted by molar-refractivity contribution is -0.130. The molecule has 19 heavy (non-hydrogen) atoms. The molecule has 1 aromatic carbocycles. The number of hydrogen-bond acceptors (Lipinski definition) is 3. The first-order valence-corrected chi connectivity index (χ1v) is 6.62. The van der Waals surface area contributed by atoms with Gasteiger partial charge in [-0.15, -0.1) is 12.6 Å². The molecule has 1 aromatic rings. The summed E-state index contributed by atoms with van der Waals surface area (Å²) in [6.45, 7) is 3.84. The number of para-hydroxylation sites is 1. The van der Waals surface area contributed by atoms with Crippen LogP contribution in [-0.4, -0.2) is 47.9 Å². The molecule has 1 heterocycles. The molecule has 0 atom stereocenters.